The molecular weight excluding hydrogens is 252 g/mol. The van der Waals surface area contributed by atoms with E-state index in [1.165, 1.54) is 6.42 Å². The Morgan fingerprint density at radius 1 is 1.35 bits per heavy atom. The number of hydrogen-bond donors (Lipinski definition) is 1. The highest BCUT2D eigenvalue weighted by Gasteiger charge is 2.18. The second kappa shape index (κ2) is 6.50. The smallest absolute Gasteiger partial charge is 0.146 e. The summed E-state index contributed by atoms with van der Waals surface area (Å²) in [7, 11) is 2.04. The second-order valence-electron chi connectivity index (χ2n) is 6.49. The van der Waals surface area contributed by atoms with E-state index in [0.29, 0.717) is 6.10 Å². The van der Waals surface area contributed by atoms with E-state index in [4.69, 9.17) is 4.74 Å². The molecule has 1 aliphatic rings. The molecule has 0 radical (unpaired) electrons. The van der Waals surface area contributed by atoms with Gasteiger partial charge < -0.3 is 15.0 Å². The fraction of sp³-hybridized carbons (Fsp3) is 0.733. The van der Waals surface area contributed by atoms with Crippen LogP contribution in [0.5, 0.6) is 0 Å². The number of likely N-dealkylation sites (N-methyl/N-ethyl adjacent to an activating group) is 1. The minimum atomic E-state index is 0.0942. The second-order valence-corrected chi connectivity index (χ2v) is 6.49. The van der Waals surface area contributed by atoms with Gasteiger partial charge in [-0.05, 0) is 33.6 Å². The molecule has 5 nitrogen and oxygen atoms in total. The third-order valence-electron chi connectivity index (χ3n) is 3.38. The molecule has 1 N–H and O–H groups in total. The Balaban J connectivity index is 1.86. The Labute approximate surface area is 121 Å². The number of rotatable bonds is 5. The molecule has 1 aliphatic heterocycles. The number of ether oxygens (including phenoxy) is 1. The van der Waals surface area contributed by atoms with Crippen LogP contribution in [-0.2, 0) is 11.3 Å². The van der Waals surface area contributed by atoms with Crippen molar-refractivity contribution in [2.24, 2.45) is 0 Å². The van der Waals surface area contributed by atoms with Gasteiger partial charge in [0.2, 0.25) is 0 Å². The summed E-state index contributed by atoms with van der Waals surface area (Å²) in [4.78, 5) is 11.1. The average molecular weight is 278 g/mol. The first-order valence-electron chi connectivity index (χ1n) is 7.33. The maximum atomic E-state index is 5.64. The quantitative estimate of drug-likeness (QED) is 0.892. The van der Waals surface area contributed by atoms with E-state index in [-0.39, 0.29) is 5.54 Å². The van der Waals surface area contributed by atoms with Crippen LogP contribution < -0.4 is 10.2 Å². The third kappa shape index (κ3) is 4.72. The van der Waals surface area contributed by atoms with E-state index in [1.807, 2.05) is 19.4 Å². The van der Waals surface area contributed by atoms with Gasteiger partial charge in [-0.25, -0.2) is 4.98 Å². The molecule has 2 rings (SSSR count). The zero-order valence-electron chi connectivity index (χ0n) is 13.0. The van der Waals surface area contributed by atoms with Crippen LogP contribution in [0.15, 0.2) is 12.4 Å². The van der Waals surface area contributed by atoms with Crippen LogP contribution in [0.25, 0.3) is 0 Å². The minimum absolute atomic E-state index is 0.0942. The van der Waals surface area contributed by atoms with E-state index >= 15 is 0 Å². The van der Waals surface area contributed by atoms with Crippen LogP contribution in [0.2, 0.25) is 0 Å². The Bertz CT molecular complexity index is 407. The van der Waals surface area contributed by atoms with Crippen molar-refractivity contribution in [3.8, 4) is 0 Å². The first-order chi connectivity index (χ1) is 9.44. The summed E-state index contributed by atoms with van der Waals surface area (Å²) >= 11 is 0. The lowest BCUT2D eigenvalue weighted by molar-refractivity contribution is 0.116. The average Bonchev–Trinajstić information content (AvgIpc) is 2.89. The van der Waals surface area contributed by atoms with Crippen molar-refractivity contribution in [1.82, 2.24) is 15.3 Å². The molecule has 20 heavy (non-hydrogen) atoms. The number of nitrogens with zero attached hydrogens (tertiary/aromatic N) is 3. The highest BCUT2D eigenvalue weighted by atomic mass is 16.5. The lowest BCUT2D eigenvalue weighted by atomic mass is 10.1. The molecule has 0 aliphatic carbocycles. The summed E-state index contributed by atoms with van der Waals surface area (Å²) in [5.41, 5.74) is 1.06. The highest BCUT2D eigenvalue weighted by Crippen LogP contribution is 2.15. The van der Waals surface area contributed by atoms with Crippen LogP contribution in [0, 0.1) is 0 Å². The maximum Gasteiger partial charge on any atom is 0.146 e. The van der Waals surface area contributed by atoms with Crippen molar-refractivity contribution in [2.75, 3.05) is 25.1 Å². The molecule has 1 aromatic heterocycles. The van der Waals surface area contributed by atoms with Crippen LogP contribution in [0.3, 0.4) is 0 Å². The SMILES string of the molecule is CN(CC1CCCO1)c1cnc(CNC(C)(C)C)cn1. The normalized spacial score (nSPS) is 19.3. The van der Waals surface area contributed by atoms with Crippen molar-refractivity contribution >= 4 is 5.82 Å². The molecule has 1 saturated heterocycles. The molecule has 5 heteroatoms. The van der Waals surface area contributed by atoms with Crippen molar-refractivity contribution < 1.29 is 4.74 Å². The van der Waals surface area contributed by atoms with Crippen LogP contribution in [0.1, 0.15) is 39.3 Å². The predicted molar refractivity (Wildman–Crippen MR) is 80.9 cm³/mol. The fourth-order valence-electron chi connectivity index (χ4n) is 2.18. The van der Waals surface area contributed by atoms with E-state index in [1.54, 1.807) is 0 Å². The summed E-state index contributed by atoms with van der Waals surface area (Å²) in [6, 6.07) is 0. The van der Waals surface area contributed by atoms with Gasteiger partial charge in [0, 0.05) is 32.3 Å². The van der Waals surface area contributed by atoms with Crippen molar-refractivity contribution in [3.05, 3.63) is 18.1 Å². The Hall–Kier alpha value is -1.20. The molecule has 112 valence electrons. The fourth-order valence-corrected chi connectivity index (χ4v) is 2.18. The molecular formula is C15H26N4O. The standard InChI is InChI=1S/C15H26N4O/c1-15(2,3)18-9-12-8-17-14(10-16-12)19(4)11-13-6-5-7-20-13/h8,10,13,18H,5-7,9,11H2,1-4H3. The summed E-state index contributed by atoms with van der Waals surface area (Å²) in [6.07, 6.45) is 6.34. The third-order valence-corrected chi connectivity index (χ3v) is 3.38. The lowest BCUT2D eigenvalue weighted by Gasteiger charge is -2.22. The Kier molecular flexibility index (Phi) is 4.94. The van der Waals surface area contributed by atoms with E-state index in [9.17, 15) is 0 Å². The number of nitrogens with one attached hydrogen (secondary N) is 1. The molecule has 0 saturated carbocycles. The molecule has 0 spiro atoms. The zero-order chi connectivity index (χ0) is 14.6. The van der Waals surface area contributed by atoms with Crippen LogP contribution in [0.4, 0.5) is 5.82 Å². The van der Waals surface area contributed by atoms with Crippen molar-refractivity contribution in [1.29, 1.82) is 0 Å². The first kappa shape index (κ1) is 15.2. The molecule has 1 fully saturated rings. The molecule has 2 heterocycles. The van der Waals surface area contributed by atoms with Crippen molar-refractivity contribution in [3.63, 3.8) is 0 Å². The number of aromatic nitrogens is 2. The minimum Gasteiger partial charge on any atom is -0.376 e. The van der Waals surface area contributed by atoms with Crippen LogP contribution in [-0.4, -0.2) is 41.8 Å². The monoisotopic (exact) mass is 278 g/mol. The molecule has 1 aromatic rings. The Morgan fingerprint density at radius 3 is 2.70 bits per heavy atom. The largest absolute Gasteiger partial charge is 0.376 e. The molecule has 1 unspecified atom stereocenters. The van der Waals surface area contributed by atoms with Gasteiger partial charge in [0.25, 0.3) is 0 Å². The van der Waals surface area contributed by atoms with Gasteiger partial charge in [0.1, 0.15) is 5.82 Å². The molecule has 0 bridgehead atoms. The van der Waals surface area contributed by atoms with Gasteiger partial charge in [0.05, 0.1) is 24.2 Å². The summed E-state index contributed by atoms with van der Waals surface area (Å²) in [5, 5.41) is 3.41. The highest BCUT2D eigenvalue weighted by molar-refractivity contribution is 5.34. The topological polar surface area (TPSA) is 50.3 Å². The molecule has 1 atom stereocenters. The van der Waals surface area contributed by atoms with Gasteiger partial charge in [-0.2, -0.15) is 0 Å². The van der Waals surface area contributed by atoms with Gasteiger partial charge >= 0.3 is 0 Å². The number of anilines is 1. The van der Waals surface area contributed by atoms with E-state index in [0.717, 1.165) is 37.6 Å². The summed E-state index contributed by atoms with van der Waals surface area (Å²) < 4.78 is 5.64. The van der Waals surface area contributed by atoms with Gasteiger partial charge in [-0.3, -0.25) is 4.98 Å². The van der Waals surface area contributed by atoms with Crippen LogP contribution >= 0.6 is 0 Å². The molecule has 0 aromatic carbocycles. The van der Waals surface area contributed by atoms with Crippen molar-refractivity contribution in [2.45, 2.75) is 51.8 Å². The summed E-state index contributed by atoms with van der Waals surface area (Å²) in [6.45, 7) is 8.95. The first-order valence-corrected chi connectivity index (χ1v) is 7.33. The Morgan fingerprint density at radius 2 is 2.15 bits per heavy atom. The van der Waals surface area contributed by atoms with E-state index in [2.05, 4.69) is 41.0 Å². The van der Waals surface area contributed by atoms with E-state index < -0.39 is 0 Å². The summed E-state index contributed by atoms with van der Waals surface area (Å²) in [5.74, 6) is 0.903. The number of hydrogen-bond acceptors (Lipinski definition) is 5. The van der Waals surface area contributed by atoms with Gasteiger partial charge in [-0.1, -0.05) is 0 Å². The predicted octanol–water partition coefficient (Wildman–Crippen LogP) is 1.98. The zero-order valence-corrected chi connectivity index (χ0v) is 13.0. The van der Waals surface area contributed by atoms with Gasteiger partial charge in [0.15, 0.2) is 0 Å². The maximum absolute atomic E-state index is 5.64. The van der Waals surface area contributed by atoms with Gasteiger partial charge in [-0.15, -0.1) is 0 Å². The lowest BCUT2D eigenvalue weighted by Crippen LogP contribution is -2.35. The molecule has 0 amide bonds.